The van der Waals surface area contributed by atoms with Gasteiger partial charge in [0, 0.05) is 5.39 Å². The van der Waals surface area contributed by atoms with Gasteiger partial charge in [0.25, 0.3) is 5.56 Å². The van der Waals surface area contributed by atoms with Crippen LogP contribution in [-0.2, 0) is 6.42 Å². The molecule has 0 aliphatic carbocycles. The predicted molar refractivity (Wildman–Crippen MR) is 79.4 cm³/mol. The molecule has 94 valence electrons. The first-order valence-corrected chi connectivity index (χ1v) is 6.50. The standard InChI is InChI=1S/C17H15NO/c1-2-13-14-10-6-7-11-15(14)17(19)18-16(13)12-8-4-3-5-9-12/h3-11H,2H2,1H3,(H,18,19). The van der Waals surface area contributed by atoms with Crippen molar-refractivity contribution in [3.63, 3.8) is 0 Å². The minimum Gasteiger partial charge on any atom is -0.321 e. The number of H-pyrrole nitrogens is 1. The van der Waals surface area contributed by atoms with Crippen molar-refractivity contribution >= 4 is 10.8 Å². The monoisotopic (exact) mass is 249 g/mol. The number of hydrogen-bond donors (Lipinski definition) is 1. The van der Waals surface area contributed by atoms with Crippen molar-refractivity contribution in [1.29, 1.82) is 0 Å². The fraction of sp³-hybridized carbons (Fsp3) is 0.118. The lowest BCUT2D eigenvalue weighted by Crippen LogP contribution is -2.10. The second-order valence-corrected chi connectivity index (χ2v) is 4.57. The Morgan fingerprint density at radius 1 is 0.895 bits per heavy atom. The van der Waals surface area contributed by atoms with E-state index in [1.54, 1.807) is 0 Å². The van der Waals surface area contributed by atoms with E-state index in [1.165, 1.54) is 5.56 Å². The maximum atomic E-state index is 12.2. The van der Waals surface area contributed by atoms with Crippen molar-refractivity contribution < 1.29 is 0 Å². The molecule has 0 saturated heterocycles. The minimum atomic E-state index is -0.0216. The third-order valence-electron chi connectivity index (χ3n) is 3.45. The van der Waals surface area contributed by atoms with Crippen LogP contribution in [0.5, 0.6) is 0 Å². The van der Waals surface area contributed by atoms with Crippen molar-refractivity contribution in [3.8, 4) is 11.3 Å². The van der Waals surface area contributed by atoms with Gasteiger partial charge in [0.1, 0.15) is 0 Å². The Labute approximate surface area is 111 Å². The second kappa shape index (κ2) is 4.73. The largest absolute Gasteiger partial charge is 0.321 e. The molecule has 0 bridgehead atoms. The van der Waals surface area contributed by atoms with Crippen LogP contribution in [0.1, 0.15) is 12.5 Å². The lowest BCUT2D eigenvalue weighted by molar-refractivity contribution is 1.12. The number of nitrogens with one attached hydrogen (secondary N) is 1. The van der Waals surface area contributed by atoms with Crippen LogP contribution in [0.3, 0.4) is 0 Å². The SMILES string of the molecule is CCc1c(-c2ccccc2)[nH]c(=O)c2ccccc12. The molecule has 1 N–H and O–H groups in total. The van der Waals surface area contributed by atoms with Gasteiger partial charge in [-0.25, -0.2) is 0 Å². The zero-order valence-electron chi connectivity index (χ0n) is 10.8. The highest BCUT2D eigenvalue weighted by molar-refractivity contribution is 5.89. The van der Waals surface area contributed by atoms with Gasteiger partial charge in [-0.2, -0.15) is 0 Å². The fourth-order valence-electron chi connectivity index (χ4n) is 2.55. The summed E-state index contributed by atoms with van der Waals surface area (Å²) in [5.74, 6) is 0. The third-order valence-corrected chi connectivity index (χ3v) is 3.45. The number of pyridine rings is 1. The highest BCUT2D eigenvalue weighted by Gasteiger charge is 2.10. The summed E-state index contributed by atoms with van der Waals surface area (Å²) < 4.78 is 0. The van der Waals surface area contributed by atoms with Gasteiger partial charge >= 0.3 is 0 Å². The molecule has 1 heterocycles. The molecule has 0 saturated carbocycles. The van der Waals surface area contributed by atoms with Gasteiger partial charge in [-0.05, 0) is 29.0 Å². The normalized spacial score (nSPS) is 10.8. The van der Waals surface area contributed by atoms with E-state index in [2.05, 4.69) is 11.9 Å². The van der Waals surface area contributed by atoms with Crippen LogP contribution in [0.25, 0.3) is 22.0 Å². The molecule has 0 atom stereocenters. The Morgan fingerprint density at radius 3 is 2.21 bits per heavy atom. The zero-order valence-corrected chi connectivity index (χ0v) is 10.8. The Balaban J connectivity index is 2.41. The summed E-state index contributed by atoms with van der Waals surface area (Å²) in [4.78, 5) is 15.2. The van der Waals surface area contributed by atoms with Crippen molar-refractivity contribution in [2.45, 2.75) is 13.3 Å². The number of rotatable bonds is 2. The van der Waals surface area contributed by atoms with Crippen LogP contribution >= 0.6 is 0 Å². The van der Waals surface area contributed by atoms with E-state index < -0.39 is 0 Å². The molecule has 0 aliphatic heterocycles. The van der Waals surface area contributed by atoms with E-state index in [1.807, 2.05) is 54.6 Å². The quantitative estimate of drug-likeness (QED) is 0.737. The van der Waals surface area contributed by atoms with Crippen LogP contribution < -0.4 is 5.56 Å². The first kappa shape index (κ1) is 11.7. The summed E-state index contributed by atoms with van der Waals surface area (Å²) in [5, 5.41) is 1.81. The van der Waals surface area contributed by atoms with Crippen molar-refractivity contribution in [3.05, 3.63) is 70.5 Å². The van der Waals surface area contributed by atoms with Gasteiger partial charge in [-0.3, -0.25) is 4.79 Å². The Bertz CT molecular complexity index is 772. The third kappa shape index (κ3) is 1.95. The predicted octanol–water partition coefficient (Wildman–Crippen LogP) is 3.76. The van der Waals surface area contributed by atoms with E-state index in [0.29, 0.717) is 0 Å². The molecule has 0 amide bonds. The van der Waals surface area contributed by atoms with E-state index in [4.69, 9.17) is 0 Å². The molecule has 19 heavy (non-hydrogen) atoms. The van der Waals surface area contributed by atoms with Crippen LogP contribution in [0.2, 0.25) is 0 Å². The van der Waals surface area contributed by atoms with E-state index in [-0.39, 0.29) is 5.56 Å². The number of hydrogen-bond acceptors (Lipinski definition) is 1. The molecule has 1 aromatic heterocycles. The molecular weight excluding hydrogens is 234 g/mol. The van der Waals surface area contributed by atoms with Gasteiger partial charge in [0.2, 0.25) is 0 Å². The first-order valence-electron chi connectivity index (χ1n) is 6.50. The molecule has 2 heteroatoms. The smallest absolute Gasteiger partial charge is 0.256 e. The number of aryl methyl sites for hydroxylation is 1. The van der Waals surface area contributed by atoms with Crippen LogP contribution in [0, 0.1) is 0 Å². The van der Waals surface area contributed by atoms with Crippen LogP contribution in [0.4, 0.5) is 0 Å². The molecule has 0 radical (unpaired) electrons. The Morgan fingerprint density at radius 2 is 1.53 bits per heavy atom. The Hall–Kier alpha value is -2.35. The minimum absolute atomic E-state index is 0.0216. The molecule has 3 aromatic rings. The lowest BCUT2D eigenvalue weighted by atomic mass is 9.98. The fourth-order valence-corrected chi connectivity index (χ4v) is 2.55. The number of aromatic amines is 1. The number of fused-ring (bicyclic) bond motifs is 1. The maximum absolute atomic E-state index is 12.2. The molecule has 0 fully saturated rings. The molecule has 0 unspecified atom stereocenters. The molecule has 0 spiro atoms. The van der Waals surface area contributed by atoms with E-state index in [0.717, 1.165) is 28.5 Å². The van der Waals surface area contributed by atoms with Crippen molar-refractivity contribution in [2.75, 3.05) is 0 Å². The summed E-state index contributed by atoms with van der Waals surface area (Å²) >= 11 is 0. The van der Waals surface area contributed by atoms with Crippen LogP contribution in [0.15, 0.2) is 59.4 Å². The average molecular weight is 249 g/mol. The lowest BCUT2D eigenvalue weighted by Gasteiger charge is -2.11. The van der Waals surface area contributed by atoms with E-state index in [9.17, 15) is 4.79 Å². The summed E-state index contributed by atoms with van der Waals surface area (Å²) in [6.45, 7) is 2.12. The second-order valence-electron chi connectivity index (χ2n) is 4.57. The highest BCUT2D eigenvalue weighted by Crippen LogP contribution is 2.26. The molecular formula is C17H15NO. The molecule has 3 rings (SSSR count). The topological polar surface area (TPSA) is 32.9 Å². The molecule has 2 nitrogen and oxygen atoms in total. The van der Waals surface area contributed by atoms with E-state index >= 15 is 0 Å². The van der Waals surface area contributed by atoms with Crippen LogP contribution in [-0.4, -0.2) is 4.98 Å². The number of benzene rings is 2. The maximum Gasteiger partial charge on any atom is 0.256 e. The highest BCUT2D eigenvalue weighted by atomic mass is 16.1. The number of aromatic nitrogens is 1. The van der Waals surface area contributed by atoms with Gasteiger partial charge in [0.15, 0.2) is 0 Å². The summed E-state index contributed by atoms with van der Waals surface area (Å²) in [7, 11) is 0. The van der Waals surface area contributed by atoms with Gasteiger partial charge < -0.3 is 4.98 Å². The Kier molecular flexibility index (Phi) is 2.92. The zero-order chi connectivity index (χ0) is 13.2. The summed E-state index contributed by atoms with van der Waals surface area (Å²) in [6.07, 6.45) is 0.890. The summed E-state index contributed by atoms with van der Waals surface area (Å²) in [5.41, 5.74) is 3.17. The average Bonchev–Trinajstić information content (AvgIpc) is 2.48. The first-order chi connectivity index (χ1) is 9.31. The van der Waals surface area contributed by atoms with Crippen molar-refractivity contribution in [1.82, 2.24) is 4.98 Å². The van der Waals surface area contributed by atoms with Gasteiger partial charge in [-0.15, -0.1) is 0 Å². The van der Waals surface area contributed by atoms with Gasteiger partial charge in [0.05, 0.1) is 5.69 Å². The van der Waals surface area contributed by atoms with Gasteiger partial charge in [-0.1, -0.05) is 55.5 Å². The van der Waals surface area contributed by atoms with Crippen molar-refractivity contribution in [2.24, 2.45) is 0 Å². The summed E-state index contributed by atoms with van der Waals surface area (Å²) in [6, 6.07) is 17.8. The molecule has 0 aliphatic rings. The molecule has 2 aromatic carbocycles.